The van der Waals surface area contributed by atoms with Crippen molar-refractivity contribution in [2.24, 2.45) is 0 Å². The molecule has 0 spiro atoms. The number of benzene rings is 2. The Hall–Kier alpha value is -2.38. The highest BCUT2D eigenvalue weighted by molar-refractivity contribution is 7.89. The number of hydrogen-bond acceptors (Lipinski definition) is 4. The maximum absolute atomic E-state index is 12.5. The Morgan fingerprint density at radius 3 is 2.48 bits per heavy atom. The second kappa shape index (κ2) is 7.32. The molecular formula is C20H22N2O4S. The second-order valence-electron chi connectivity index (χ2n) is 6.89. The number of amides is 1. The quantitative estimate of drug-likeness (QED) is 0.854. The third kappa shape index (κ3) is 3.70. The highest BCUT2D eigenvalue weighted by Crippen LogP contribution is 2.28. The van der Waals surface area contributed by atoms with E-state index >= 15 is 0 Å². The number of fused-ring (bicyclic) bond motifs is 1. The van der Waals surface area contributed by atoms with Gasteiger partial charge in [-0.1, -0.05) is 30.3 Å². The molecule has 1 fully saturated rings. The number of para-hydroxylation sites is 1. The topological polar surface area (TPSA) is 75.7 Å². The number of carbonyl (C=O) groups excluding carboxylic acids is 1. The Kier molecular flexibility index (Phi) is 4.88. The number of rotatable bonds is 5. The third-order valence-corrected chi connectivity index (χ3v) is 6.95. The zero-order valence-corrected chi connectivity index (χ0v) is 15.7. The van der Waals surface area contributed by atoms with Crippen LogP contribution in [0.2, 0.25) is 0 Å². The second-order valence-corrected chi connectivity index (χ2v) is 8.83. The Bertz CT molecular complexity index is 910. The van der Waals surface area contributed by atoms with E-state index in [0.29, 0.717) is 31.0 Å². The van der Waals surface area contributed by atoms with Crippen LogP contribution in [0.3, 0.4) is 0 Å². The van der Waals surface area contributed by atoms with Crippen LogP contribution in [-0.2, 0) is 27.8 Å². The van der Waals surface area contributed by atoms with Crippen LogP contribution in [0, 0.1) is 0 Å². The summed E-state index contributed by atoms with van der Waals surface area (Å²) in [6.45, 7) is 1.51. The summed E-state index contributed by atoms with van der Waals surface area (Å²) in [7, 11) is -3.40. The largest absolute Gasteiger partial charge is 0.480 e. The van der Waals surface area contributed by atoms with Crippen LogP contribution in [-0.4, -0.2) is 37.8 Å². The Labute approximate surface area is 159 Å². The summed E-state index contributed by atoms with van der Waals surface area (Å²) in [5, 5.41) is 2.87. The molecule has 2 heterocycles. The number of carbonyl (C=O) groups is 1. The van der Waals surface area contributed by atoms with Crippen molar-refractivity contribution < 1.29 is 17.9 Å². The first-order valence-electron chi connectivity index (χ1n) is 9.15. The van der Waals surface area contributed by atoms with E-state index in [1.165, 1.54) is 4.31 Å². The van der Waals surface area contributed by atoms with Crippen molar-refractivity contribution in [3.05, 3.63) is 59.7 Å². The van der Waals surface area contributed by atoms with E-state index in [9.17, 15) is 13.2 Å². The number of sulfonamides is 1. The fourth-order valence-electron chi connectivity index (χ4n) is 3.49. The van der Waals surface area contributed by atoms with E-state index in [4.69, 9.17) is 4.74 Å². The minimum absolute atomic E-state index is 0.167. The molecule has 0 aliphatic carbocycles. The lowest BCUT2D eigenvalue weighted by Crippen LogP contribution is -2.37. The standard InChI is InChI=1S/C20H22N2O4S/c23-20(19-13-16-5-1-2-6-18(16)26-19)21-14-15-7-9-17(10-8-15)27(24,25)22-11-3-4-12-22/h1-2,5-10,19H,3-4,11-14H2,(H,21,23). The molecule has 0 aromatic heterocycles. The van der Waals surface area contributed by atoms with E-state index < -0.39 is 16.1 Å². The highest BCUT2D eigenvalue weighted by atomic mass is 32.2. The molecule has 142 valence electrons. The predicted octanol–water partition coefficient (Wildman–Crippen LogP) is 2.09. The van der Waals surface area contributed by atoms with Gasteiger partial charge in [0.1, 0.15) is 5.75 Å². The first-order chi connectivity index (χ1) is 13.0. The van der Waals surface area contributed by atoms with E-state index in [1.807, 2.05) is 24.3 Å². The summed E-state index contributed by atoms with van der Waals surface area (Å²) < 4.78 is 32.3. The van der Waals surface area contributed by atoms with Gasteiger partial charge in [-0.2, -0.15) is 4.31 Å². The molecule has 1 amide bonds. The van der Waals surface area contributed by atoms with Crippen molar-refractivity contribution in [1.29, 1.82) is 0 Å². The van der Waals surface area contributed by atoms with Crippen molar-refractivity contribution in [2.45, 2.75) is 36.8 Å². The Balaban J connectivity index is 1.35. The van der Waals surface area contributed by atoms with Crippen LogP contribution >= 0.6 is 0 Å². The predicted molar refractivity (Wildman–Crippen MR) is 101 cm³/mol. The van der Waals surface area contributed by atoms with Gasteiger partial charge in [0.2, 0.25) is 10.0 Å². The lowest BCUT2D eigenvalue weighted by Gasteiger charge is -2.16. The average Bonchev–Trinajstić information content (AvgIpc) is 3.36. The van der Waals surface area contributed by atoms with Crippen LogP contribution in [0.25, 0.3) is 0 Å². The Morgan fingerprint density at radius 2 is 1.78 bits per heavy atom. The van der Waals surface area contributed by atoms with Gasteiger partial charge in [-0.3, -0.25) is 4.79 Å². The van der Waals surface area contributed by atoms with E-state index in [0.717, 1.165) is 29.7 Å². The molecule has 6 nitrogen and oxygen atoms in total. The van der Waals surface area contributed by atoms with Crippen LogP contribution in [0.15, 0.2) is 53.4 Å². The monoisotopic (exact) mass is 386 g/mol. The van der Waals surface area contributed by atoms with Crippen LogP contribution in [0.1, 0.15) is 24.0 Å². The van der Waals surface area contributed by atoms with Gasteiger partial charge in [-0.25, -0.2) is 8.42 Å². The van der Waals surface area contributed by atoms with Crippen LogP contribution in [0.5, 0.6) is 5.75 Å². The SMILES string of the molecule is O=C(NCc1ccc(S(=O)(=O)N2CCCC2)cc1)C1Cc2ccccc2O1. The van der Waals surface area contributed by atoms with E-state index in [1.54, 1.807) is 24.3 Å². The zero-order valence-electron chi connectivity index (χ0n) is 14.9. The summed E-state index contributed by atoms with van der Waals surface area (Å²) in [4.78, 5) is 12.6. The molecule has 27 heavy (non-hydrogen) atoms. The van der Waals surface area contributed by atoms with Gasteiger partial charge in [0.15, 0.2) is 6.10 Å². The fraction of sp³-hybridized carbons (Fsp3) is 0.350. The lowest BCUT2D eigenvalue weighted by molar-refractivity contribution is -0.127. The van der Waals surface area contributed by atoms with E-state index in [-0.39, 0.29) is 5.91 Å². The molecule has 0 radical (unpaired) electrons. The smallest absolute Gasteiger partial charge is 0.261 e. The molecule has 2 aliphatic heterocycles. The molecule has 1 N–H and O–H groups in total. The summed E-state index contributed by atoms with van der Waals surface area (Å²) in [6.07, 6.45) is 1.87. The number of hydrogen-bond donors (Lipinski definition) is 1. The molecular weight excluding hydrogens is 364 g/mol. The third-order valence-electron chi connectivity index (χ3n) is 5.03. The minimum atomic E-state index is -3.40. The summed E-state index contributed by atoms with van der Waals surface area (Å²) in [5.41, 5.74) is 1.88. The number of ether oxygens (including phenoxy) is 1. The summed E-state index contributed by atoms with van der Waals surface area (Å²) in [6, 6.07) is 14.3. The first-order valence-corrected chi connectivity index (χ1v) is 10.6. The maximum Gasteiger partial charge on any atom is 0.261 e. The Morgan fingerprint density at radius 1 is 1.07 bits per heavy atom. The van der Waals surface area contributed by atoms with Crippen LogP contribution in [0.4, 0.5) is 0 Å². The van der Waals surface area contributed by atoms with Gasteiger partial charge in [0, 0.05) is 26.1 Å². The van der Waals surface area contributed by atoms with Gasteiger partial charge in [-0.05, 0) is 42.2 Å². The molecule has 0 bridgehead atoms. The molecule has 2 aromatic rings. The highest BCUT2D eigenvalue weighted by Gasteiger charge is 2.29. The summed E-state index contributed by atoms with van der Waals surface area (Å²) >= 11 is 0. The molecule has 0 saturated carbocycles. The van der Waals surface area contributed by atoms with Crippen molar-refractivity contribution in [3.63, 3.8) is 0 Å². The average molecular weight is 386 g/mol. The fourth-order valence-corrected chi connectivity index (χ4v) is 5.01. The van der Waals surface area contributed by atoms with Gasteiger partial charge in [0.05, 0.1) is 4.90 Å². The first kappa shape index (κ1) is 18.0. The molecule has 4 rings (SSSR count). The van der Waals surface area contributed by atoms with Crippen molar-refractivity contribution >= 4 is 15.9 Å². The van der Waals surface area contributed by atoms with Gasteiger partial charge < -0.3 is 10.1 Å². The summed E-state index contributed by atoms with van der Waals surface area (Å²) in [5.74, 6) is 0.592. The van der Waals surface area contributed by atoms with Crippen LogP contribution < -0.4 is 10.1 Å². The van der Waals surface area contributed by atoms with Gasteiger partial charge in [0.25, 0.3) is 5.91 Å². The molecule has 2 aliphatic rings. The molecule has 1 saturated heterocycles. The van der Waals surface area contributed by atoms with E-state index in [2.05, 4.69) is 5.32 Å². The number of nitrogens with one attached hydrogen (secondary N) is 1. The van der Waals surface area contributed by atoms with Gasteiger partial charge in [-0.15, -0.1) is 0 Å². The molecule has 1 atom stereocenters. The van der Waals surface area contributed by atoms with Crippen molar-refractivity contribution in [1.82, 2.24) is 9.62 Å². The minimum Gasteiger partial charge on any atom is -0.480 e. The molecule has 2 aromatic carbocycles. The zero-order chi connectivity index (χ0) is 18.9. The van der Waals surface area contributed by atoms with Crippen molar-refractivity contribution in [3.8, 4) is 5.75 Å². The van der Waals surface area contributed by atoms with Crippen molar-refractivity contribution in [2.75, 3.05) is 13.1 Å². The number of nitrogens with zero attached hydrogens (tertiary/aromatic N) is 1. The lowest BCUT2D eigenvalue weighted by atomic mass is 10.1. The normalized spacial score (nSPS) is 19.5. The maximum atomic E-state index is 12.5. The van der Waals surface area contributed by atoms with Gasteiger partial charge >= 0.3 is 0 Å². The molecule has 7 heteroatoms. The molecule has 1 unspecified atom stereocenters.